The first-order valence-corrected chi connectivity index (χ1v) is 9.23. The molecular formula is C23H25NO4. The largest absolute Gasteiger partial charge is 0.497 e. The minimum absolute atomic E-state index is 0.0286. The molecule has 1 aromatic heterocycles. The zero-order valence-corrected chi connectivity index (χ0v) is 16.7. The van der Waals surface area contributed by atoms with Gasteiger partial charge >= 0.3 is 5.63 Å². The topological polar surface area (TPSA) is 68.5 Å². The Balaban J connectivity index is 1.78. The molecular weight excluding hydrogens is 354 g/mol. The van der Waals surface area contributed by atoms with E-state index in [1.165, 1.54) is 6.07 Å². The molecule has 1 heterocycles. The Morgan fingerprint density at radius 1 is 1.07 bits per heavy atom. The lowest BCUT2D eigenvalue weighted by Crippen LogP contribution is -2.25. The molecule has 0 saturated heterocycles. The lowest BCUT2D eigenvalue weighted by atomic mass is 9.86. The van der Waals surface area contributed by atoms with Crippen molar-refractivity contribution in [2.75, 3.05) is 7.11 Å². The molecule has 146 valence electrons. The van der Waals surface area contributed by atoms with Gasteiger partial charge in [-0.25, -0.2) is 4.79 Å². The minimum atomic E-state index is -0.421. The number of amides is 1. The van der Waals surface area contributed by atoms with Crippen molar-refractivity contribution >= 4 is 16.9 Å². The third-order valence-corrected chi connectivity index (χ3v) is 4.69. The lowest BCUT2D eigenvalue weighted by Gasteiger charge is -2.19. The highest BCUT2D eigenvalue weighted by Gasteiger charge is 2.16. The first-order chi connectivity index (χ1) is 13.3. The van der Waals surface area contributed by atoms with Crippen molar-refractivity contribution in [2.45, 2.75) is 39.2 Å². The van der Waals surface area contributed by atoms with E-state index in [0.29, 0.717) is 5.58 Å². The fourth-order valence-corrected chi connectivity index (χ4v) is 3.03. The Morgan fingerprint density at radius 2 is 1.79 bits per heavy atom. The van der Waals surface area contributed by atoms with E-state index in [1.54, 1.807) is 7.11 Å². The van der Waals surface area contributed by atoms with Gasteiger partial charge in [-0.15, -0.1) is 0 Å². The van der Waals surface area contributed by atoms with Crippen LogP contribution in [0.3, 0.4) is 0 Å². The highest BCUT2D eigenvalue weighted by atomic mass is 16.5. The number of methoxy groups -OCH3 is 1. The maximum atomic E-state index is 12.3. The van der Waals surface area contributed by atoms with Crippen LogP contribution >= 0.6 is 0 Å². The monoisotopic (exact) mass is 379 g/mol. The molecule has 2 aromatic carbocycles. The van der Waals surface area contributed by atoms with Gasteiger partial charge in [0.2, 0.25) is 5.91 Å². The predicted molar refractivity (Wildman–Crippen MR) is 110 cm³/mol. The van der Waals surface area contributed by atoms with E-state index < -0.39 is 5.63 Å². The van der Waals surface area contributed by atoms with Crippen molar-refractivity contribution < 1.29 is 13.9 Å². The van der Waals surface area contributed by atoms with Crippen LogP contribution in [0.5, 0.6) is 5.75 Å². The summed E-state index contributed by atoms with van der Waals surface area (Å²) in [7, 11) is 1.60. The van der Waals surface area contributed by atoms with E-state index in [0.717, 1.165) is 27.8 Å². The third-order valence-electron chi connectivity index (χ3n) is 4.69. The molecule has 0 fully saturated rings. The van der Waals surface area contributed by atoms with Gasteiger partial charge < -0.3 is 14.5 Å². The fraction of sp³-hybridized carbons (Fsp3) is 0.304. The first kappa shape index (κ1) is 19.7. The van der Waals surface area contributed by atoms with Crippen LogP contribution in [0.15, 0.2) is 57.7 Å². The summed E-state index contributed by atoms with van der Waals surface area (Å²) in [5.74, 6) is 0.639. The normalized spacial score (nSPS) is 11.4. The van der Waals surface area contributed by atoms with Gasteiger partial charge in [0.1, 0.15) is 11.3 Å². The first-order valence-electron chi connectivity index (χ1n) is 9.23. The van der Waals surface area contributed by atoms with Gasteiger partial charge in [-0.3, -0.25) is 4.79 Å². The Bertz CT molecular complexity index is 1040. The molecule has 28 heavy (non-hydrogen) atoms. The van der Waals surface area contributed by atoms with Crippen molar-refractivity contribution in [3.05, 3.63) is 75.6 Å². The summed E-state index contributed by atoms with van der Waals surface area (Å²) >= 11 is 0. The van der Waals surface area contributed by atoms with E-state index in [2.05, 4.69) is 26.1 Å². The second-order valence-corrected chi connectivity index (χ2v) is 7.85. The number of hydrogen-bond acceptors (Lipinski definition) is 4. The summed E-state index contributed by atoms with van der Waals surface area (Å²) < 4.78 is 10.4. The molecule has 0 radical (unpaired) electrons. The highest BCUT2D eigenvalue weighted by molar-refractivity contribution is 5.83. The number of rotatable bonds is 5. The molecule has 0 atom stereocenters. The van der Waals surface area contributed by atoms with Crippen molar-refractivity contribution in [1.82, 2.24) is 5.32 Å². The second kappa shape index (κ2) is 7.89. The Kier molecular flexibility index (Phi) is 5.54. The van der Waals surface area contributed by atoms with Crippen LogP contribution in [-0.2, 0) is 23.2 Å². The molecule has 3 rings (SSSR count). The van der Waals surface area contributed by atoms with E-state index >= 15 is 0 Å². The van der Waals surface area contributed by atoms with Crippen molar-refractivity contribution in [3.63, 3.8) is 0 Å². The third kappa shape index (κ3) is 4.60. The number of hydrogen-bond donors (Lipinski definition) is 1. The molecule has 0 bridgehead atoms. The predicted octanol–water partition coefficient (Wildman–Crippen LogP) is 3.96. The zero-order chi connectivity index (χ0) is 20.3. The van der Waals surface area contributed by atoms with Crippen LogP contribution in [0.2, 0.25) is 0 Å². The molecule has 1 N–H and O–H groups in total. The molecule has 0 saturated carbocycles. The van der Waals surface area contributed by atoms with Gasteiger partial charge in [0, 0.05) is 18.0 Å². The summed E-state index contributed by atoms with van der Waals surface area (Å²) in [5, 5.41) is 3.75. The van der Waals surface area contributed by atoms with Crippen LogP contribution < -0.4 is 15.7 Å². The van der Waals surface area contributed by atoms with Gasteiger partial charge in [-0.05, 0) is 46.4 Å². The highest BCUT2D eigenvalue weighted by Crippen LogP contribution is 2.27. The minimum Gasteiger partial charge on any atom is -0.497 e. The molecule has 3 aromatic rings. The molecule has 1 amide bonds. The van der Waals surface area contributed by atoms with Crippen LogP contribution in [0.25, 0.3) is 11.0 Å². The Hall–Kier alpha value is -3.08. The average molecular weight is 379 g/mol. The summed E-state index contributed by atoms with van der Waals surface area (Å²) in [5.41, 5.74) is 2.86. The lowest BCUT2D eigenvalue weighted by molar-refractivity contribution is -0.120. The molecule has 5 nitrogen and oxygen atoms in total. The van der Waals surface area contributed by atoms with Crippen molar-refractivity contribution in [1.29, 1.82) is 0 Å². The van der Waals surface area contributed by atoms with Crippen molar-refractivity contribution in [2.24, 2.45) is 0 Å². The second-order valence-electron chi connectivity index (χ2n) is 7.85. The molecule has 0 aliphatic carbocycles. The van der Waals surface area contributed by atoms with Crippen LogP contribution in [0.1, 0.15) is 37.5 Å². The Morgan fingerprint density at radius 3 is 2.43 bits per heavy atom. The standard InChI is InChI=1S/C23H25NO4/c1-23(2,3)17-7-10-20-19(13-17)16(12-22(26)28-20)14-24-21(25)11-15-5-8-18(27-4)9-6-15/h5-10,12-13H,11,14H2,1-4H3,(H,24,25). The van der Waals surface area contributed by atoms with E-state index in [9.17, 15) is 9.59 Å². The van der Waals surface area contributed by atoms with Gasteiger partial charge in [0.15, 0.2) is 0 Å². The molecule has 5 heteroatoms. The van der Waals surface area contributed by atoms with Crippen LogP contribution in [-0.4, -0.2) is 13.0 Å². The average Bonchev–Trinajstić information content (AvgIpc) is 2.65. The molecule has 0 aliphatic heterocycles. The number of carbonyl (C=O) groups excluding carboxylic acids is 1. The number of nitrogens with one attached hydrogen (secondary N) is 1. The molecule has 0 aliphatic rings. The van der Waals surface area contributed by atoms with Crippen molar-refractivity contribution in [3.8, 4) is 5.75 Å². The maximum Gasteiger partial charge on any atom is 0.336 e. The number of benzene rings is 2. The van der Waals surface area contributed by atoms with Gasteiger partial charge in [-0.1, -0.05) is 39.0 Å². The quantitative estimate of drug-likeness (QED) is 0.682. The van der Waals surface area contributed by atoms with Gasteiger partial charge in [-0.2, -0.15) is 0 Å². The summed E-state index contributed by atoms with van der Waals surface area (Å²) in [4.78, 5) is 24.2. The zero-order valence-electron chi connectivity index (χ0n) is 16.7. The van der Waals surface area contributed by atoms with Gasteiger partial charge in [0.05, 0.1) is 13.5 Å². The van der Waals surface area contributed by atoms with Gasteiger partial charge in [0.25, 0.3) is 0 Å². The summed E-state index contributed by atoms with van der Waals surface area (Å²) in [6.45, 7) is 6.65. The number of carbonyl (C=O) groups is 1. The number of ether oxygens (including phenoxy) is 1. The summed E-state index contributed by atoms with van der Waals surface area (Å²) in [6.07, 6.45) is 0.261. The fourth-order valence-electron chi connectivity index (χ4n) is 3.03. The molecule has 0 unspecified atom stereocenters. The SMILES string of the molecule is COc1ccc(CC(=O)NCc2cc(=O)oc3ccc(C(C)(C)C)cc23)cc1. The van der Waals surface area contributed by atoms with E-state index in [4.69, 9.17) is 9.15 Å². The van der Waals surface area contributed by atoms with Crippen LogP contribution in [0.4, 0.5) is 0 Å². The van der Waals surface area contributed by atoms with E-state index in [-0.39, 0.29) is 24.3 Å². The van der Waals surface area contributed by atoms with Crippen LogP contribution in [0, 0.1) is 0 Å². The molecule has 0 spiro atoms. The summed E-state index contributed by atoms with van der Waals surface area (Å²) in [6, 6.07) is 14.6. The van der Waals surface area contributed by atoms with E-state index in [1.807, 2.05) is 42.5 Å². The Labute approximate surface area is 164 Å². The smallest absolute Gasteiger partial charge is 0.336 e. The maximum absolute atomic E-state index is 12.3. The number of fused-ring (bicyclic) bond motifs is 1.